The standard InChI is InChI=1S/C17H19FN2O2/c1-3-21-17-10-14(11-20-19-2)6-9-16(17)22-12-13-4-7-15(18)8-5-13/h4-11,19H,3,12H2,1-2H3. The number of ether oxygens (including phenoxy) is 2. The van der Waals surface area contributed by atoms with Gasteiger partial charge in [-0.05, 0) is 48.4 Å². The van der Waals surface area contributed by atoms with Crippen molar-refractivity contribution in [1.29, 1.82) is 0 Å². The summed E-state index contributed by atoms with van der Waals surface area (Å²) in [6.07, 6.45) is 1.70. The van der Waals surface area contributed by atoms with Crippen molar-refractivity contribution in [3.05, 3.63) is 59.4 Å². The quantitative estimate of drug-likeness (QED) is 0.630. The summed E-state index contributed by atoms with van der Waals surface area (Å²) < 4.78 is 24.2. The second-order valence-corrected chi connectivity index (χ2v) is 4.54. The van der Waals surface area contributed by atoms with E-state index >= 15 is 0 Å². The maximum Gasteiger partial charge on any atom is 0.161 e. The summed E-state index contributed by atoms with van der Waals surface area (Å²) in [6.45, 7) is 2.81. The fourth-order valence-electron chi connectivity index (χ4n) is 1.87. The van der Waals surface area contributed by atoms with Crippen LogP contribution >= 0.6 is 0 Å². The van der Waals surface area contributed by atoms with Crippen LogP contribution in [0.1, 0.15) is 18.1 Å². The number of rotatable bonds is 7. The van der Waals surface area contributed by atoms with E-state index in [1.807, 2.05) is 25.1 Å². The summed E-state index contributed by atoms with van der Waals surface area (Å²) in [6, 6.07) is 11.8. The fourth-order valence-corrected chi connectivity index (χ4v) is 1.87. The second-order valence-electron chi connectivity index (χ2n) is 4.54. The molecule has 2 aromatic rings. The van der Waals surface area contributed by atoms with Crippen molar-refractivity contribution in [2.45, 2.75) is 13.5 Å². The predicted octanol–water partition coefficient (Wildman–Crippen LogP) is 3.36. The molecule has 0 aliphatic rings. The minimum atomic E-state index is -0.257. The highest BCUT2D eigenvalue weighted by Crippen LogP contribution is 2.28. The first kappa shape index (κ1) is 15.8. The molecule has 0 bridgehead atoms. The summed E-state index contributed by atoms with van der Waals surface area (Å²) in [7, 11) is 1.74. The van der Waals surface area contributed by atoms with E-state index < -0.39 is 0 Å². The van der Waals surface area contributed by atoms with Crippen LogP contribution in [0.3, 0.4) is 0 Å². The Morgan fingerprint density at radius 1 is 1.09 bits per heavy atom. The van der Waals surface area contributed by atoms with Crippen molar-refractivity contribution < 1.29 is 13.9 Å². The van der Waals surface area contributed by atoms with E-state index in [4.69, 9.17) is 9.47 Å². The van der Waals surface area contributed by atoms with Gasteiger partial charge in [0, 0.05) is 7.05 Å². The third-order valence-corrected chi connectivity index (χ3v) is 2.92. The van der Waals surface area contributed by atoms with Gasteiger partial charge in [0.15, 0.2) is 11.5 Å². The topological polar surface area (TPSA) is 42.8 Å². The smallest absolute Gasteiger partial charge is 0.161 e. The average Bonchev–Trinajstić information content (AvgIpc) is 2.54. The van der Waals surface area contributed by atoms with E-state index in [1.54, 1.807) is 25.4 Å². The molecule has 116 valence electrons. The zero-order valence-corrected chi connectivity index (χ0v) is 12.7. The van der Waals surface area contributed by atoms with Crippen molar-refractivity contribution >= 4 is 6.21 Å². The molecule has 2 rings (SSSR count). The zero-order valence-electron chi connectivity index (χ0n) is 12.7. The molecule has 0 amide bonds. The van der Waals surface area contributed by atoms with E-state index in [9.17, 15) is 4.39 Å². The predicted molar refractivity (Wildman–Crippen MR) is 85.0 cm³/mol. The summed E-state index contributed by atoms with van der Waals surface area (Å²) in [5.74, 6) is 1.05. The lowest BCUT2D eigenvalue weighted by Crippen LogP contribution is -2.01. The molecule has 0 radical (unpaired) electrons. The number of hydrogen-bond donors (Lipinski definition) is 1. The number of hydrazone groups is 1. The first-order valence-corrected chi connectivity index (χ1v) is 7.07. The van der Waals surface area contributed by atoms with Crippen LogP contribution in [0, 0.1) is 5.82 Å². The number of benzene rings is 2. The van der Waals surface area contributed by atoms with Crippen molar-refractivity contribution in [1.82, 2.24) is 5.43 Å². The Morgan fingerprint density at radius 2 is 1.86 bits per heavy atom. The van der Waals surface area contributed by atoms with Gasteiger partial charge in [-0.2, -0.15) is 5.10 Å². The number of nitrogens with one attached hydrogen (secondary N) is 1. The largest absolute Gasteiger partial charge is 0.490 e. The third-order valence-electron chi connectivity index (χ3n) is 2.92. The molecule has 2 aromatic carbocycles. The van der Waals surface area contributed by atoms with Crippen LogP contribution in [0.5, 0.6) is 11.5 Å². The van der Waals surface area contributed by atoms with Crippen LogP contribution in [-0.2, 0) is 6.61 Å². The van der Waals surface area contributed by atoms with Gasteiger partial charge in [0.2, 0.25) is 0 Å². The highest BCUT2D eigenvalue weighted by Gasteiger charge is 2.06. The first-order valence-electron chi connectivity index (χ1n) is 7.07. The van der Waals surface area contributed by atoms with Crippen molar-refractivity contribution in [2.24, 2.45) is 5.10 Å². The van der Waals surface area contributed by atoms with Crippen molar-refractivity contribution in [3.8, 4) is 11.5 Å². The van der Waals surface area contributed by atoms with Gasteiger partial charge in [-0.15, -0.1) is 0 Å². The van der Waals surface area contributed by atoms with Gasteiger partial charge in [-0.3, -0.25) is 0 Å². The first-order chi connectivity index (χ1) is 10.7. The molecule has 0 aromatic heterocycles. The third kappa shape index (κ3) is 4.48. The molecule has 0 unspecified atom stereocenters. The van der Waals surface area contributed by atoms with Gasteiger partial charge < -0.3 is 14.9 Å². The normalized spacial score (nSPS) is 10.7. The summed E-state index contributed by atoms with van der Waals surface area (Å²) in [5.41, 5.74) is 4.50. The van der Waals surface area contributed by atoms with E-state index in [0.29, 0.717) is 24.7 Å². The lowest BCUT2D eigenvalue weighted by atomic mass is 10.2. The molecule has 22 heavy (non-hydrogen) atoms. The van der Waals surface area contributed by atoms with Gasteiger partial charge >= 0.3 is 0 Å². The van der Waals surface area contributed by atoms with Crippen molar-refractivity contribution in [2.75, 3.05) is 13.7 Å². The van der Waals surface area contributed by atoms with Crippen LogP contribution in [0.15, 0.2) is 47.6 Å². The molecule has 5 heteroatoms. The van der Waals surface area contributed by atoms with Gasteiger partial charge in [0.05, 0.1) is 12.8 Å². The van der Waals surface area contributed by atoms with Gasteiger partial charge in [0.25, 0.3) is 0 Å². The van der Waals surface area contributed by atoms with Crippen LogP contribution < -0.4 is 14.9 Å². The molecule has 1 N–H and O–H groups in total. The fraction of sp³-hybridized carbons (Fsp3) is 0.235. The molecule has 0 atom stereocenters. The molecular formula is C17H19FN2O2. The minimum absolute atomic E-state index is 0.257. The molecule has 0 heterocycles. The van der Waals surface area contributed by atoms with E-state index in [-0.39, 0.29) is 5.82 Å². The van der Waals surface area contributed by atoms with Crippen LogP contribution in [0.4, 0.5) is 4.39 Å². The molecule has 0 aliphatic heterocycles. The summed E-state index contributed by atoms with van der Waals surface area (Å²) in [5, 5.41) is 3.97. The van der Waals surface area contributed by atoms with Crippen molar-refractivity contribution in [3.63, 3.8) is 0 Å². The molecule has 0 aliphatic carbocycles. The Kier molecular flexibility index (Phi) is 5.77. The lowest BCUT2D eigenvalue weighted by molar-refractivity contribution is 0.269. The Morgan fingerprint density at radius 3 is 2.55 bits per heavy atom. The van der Waals surface area contributed by atoms with Gasteiger partial charge in [0.1, 0.15) is 12.4 Å². The Balaban J connectivity index is 2.11. The molecule has 0 saturated heterocycles. The maximum atomic E-state index is 12.9. The monoisotopic (exact) mass is 302 g/mol. The number of halogens is 1. The van der Waals surface area contributed by atoms with Crippen LogP contribution in [0.25, 0.3) is 0 Å². The SMILES string of the molecule is CCOc1cc(C=NNC)ccc1OCc1ccc(F)cc1. The number of hydrogen-bond acceptors (Lipinski definition) is 4. The van der Waals surface area contributed by atoms with Crippen LogP contribution in [-0.4, -0.2) is 19.9 Å². The highest BCUT2D eigenvalue weighted by atomic mass is 19.1. The zero-order chi connectivity index (χ0) is 15.8. The highest BCUT2D eigenvalue weighted by molar-refractivity contribution is 5.80. The van der Waals surface area contributed by atoms with E-state index in [1.165, 1.54) is 12.1 Å². The Hall–Kier alpha value is -2.56. The number of nitrogens with zero attached hydrogens (tertiary/aromatic N) is 1. The Bertz CT molecular complexity index is 627. The molecule has 4 nitrogen and oxygen atoms in total. The van der Waals surface area contributed by atoms with Crippen LogP contribution in [0.2, 0.25) is 0 Å². The van der Waals surface area contributed by atoms with Gasteiger partial charge in [-0.25, -0.2) is 4.39 Å². The minimum Gasteiger partial charge on any atom is -0.490 e. The average molecular weight is 302 g/mol. The summed E-state index contributed by atoms with van der Waals surface area (Å²) in [4.78, 5) is 0. The lowest BCUT2D eigenvalue weighted by Gasteiger charge is -2.12. The maximum absolute atomic E-state index is 12.9. The molecular weight excluding hydrogens is 283 g/mol. The summed E-state index contributed by atoms with van der Waals surface area (Å²) >= 11 is 0. The molecule has 0 saturated carbocycles. The van der Waals surface area contributed by atoms with Gasteiger partial charge in [-0.1, -0.05) is 12.1 Å². The molecule has 0 spiro atoms. The van der Waals surface area contributed by atoms with E-state index in [2.05, 4.69) is 10.5 Å². The Labute approximate surface area is 129 Å². The second kappa shape index (κ2) is 8.02. The molecule has 0 fully saturated rings. The van der Waals surface area contributed by atoms with E-state index in [0.717, 1.165) is 11.1 Å².